The first-order chi connectivity index (χ1) is 41.9. The van der Waals surface area contributed by atoms with Gasteiger partial charge in [-0.25, -0.2) is 9.59 Å². The highest BCUT2D eigenvalue weighted by Crippen LogP contribution is 2.35. The standard InChI is InChI=1S/C39H57N3O7.C30H49N3O6/c1-28(2)42(37(44)30-15-20-34(47-7)35(26-30)48-25-11-24-46-6)33-19-18-32(41(27-33)38(45)49-39(3,4)5)22-23-40(31-16-17-31)36(43)21-14-29-12-9-8-10-13-29;1-21(2)33(28(34)22-9-14-26(37-7)27(19-22)38-18-8-17-36-6)25-13-12-24(15-16-31-23-10-11-23)32(20-25)29(35)39-30(3,4)5/h8-10,12-13,15,20,26,28,31-33H,11,14,16-19,21-25,27H2,1-7H3;9,14,19,21,23-25,31H,8,10-13,15-18,20H2,1-7H3/t32-,33?;24-,25?/m11/s1. The van der Waals surface area contributed by atoms with Crippen molar-refractivity contribution in [1.29, 1.82) is 0 Å². The Labute approximate surface area is 525 Å². The topological polar surface area (TPSA) is 187 Å². The van der Waals surface area contributed by atoms with E-state index >= 15 is 0 Å². The Morgan fingerprint density at radius 3 is 1.42 bits per heavy atom. The molecule has 2 heterocycles. The number of rotatable bonds is 29. The van der Waals surface area contributed by atoms with Crippen molar-refractivity contribution in [2.45, 2.75) is 219 Å². The number of carbonyl (C=O) groups is 5. The van der Waals surface area contributed by atoms with E-state index in [9.17, 15) is 24.0 Å². The molecule has 2 aliphatic carbocycles. The van der Waals surface area contributed by atoms with Gasteiger partial charge in [-0.15, -0.1) is 0 Å². The Morgan fingerprint density at radius 2 is 1.01 bits per heavy atom. The molecule has 1 N–H and O–H groups in total. The molecule has 0 radical (unpaired) electrons. The van der Waals surface area contributed by atoms with Crippen molar-refractivity contribution in [2.75, 3.05) is 81.0 Å². The molecular formula is C69H106N6O13. The normalized spacial score (nSPS) is 18.6. The van der Waals surface area contributed by atoms with Crippen LogP contribution in [0.25, 0.3) is 0 Å². The van der Waals surface area contributed by atoms with Gasteiger partial charge in [0.05, 0.1) is 39.5 Å². The summed E-state index contributed by atoms with van der Waals surface area (Å²) in [5, 5.41) is 3.57. The van der Waals surface area contributed by atoms with Crippen molar-refractivity contribution in [3.8, 4) is 23.0 Å². The van der Waals surface area contributed by atoms with Crippen LogP contribution in [0, 0.1) is 0 Å². The lowest BCUT2D eigenvalue weighted by atomic mass is 9.93. The van der Waals surface area contributed by atoms with Gasteiger partial charge in [-0.1, -0.05) is 30.3 Å². The second kappa shape index (κ2) is 34.0. The minimum absolute atomic E-state index is 0.0516. The molecule has 0 bridgehead atoms. The van der Waals surface area contributed by atoms with Gasteiger partial charge in [0.25, 0.3) is 11.8 Å². The molecule has 3 aromatic rings. The molecule has 19 nitrogen and oxygen atoms in total. The SMILES string of the molecule is COCCCOc1cc(C(=O)N(C(C)C)C2CC[C@H](CCN(C(=O)CCc3ccccc3)C3CC3)N(C(=O)OC(C)(C)C)C2)ccc1OC.COCCCOc1cc(C(=O)N(C(C)C)C2CC[C@H](CCNC3CC3)N(C(=O)OC(C)(C)C)C2)ccc1OC. The summed E-state index contributed by atoms with van der Waals surface area (Å²) in [7, 11) is 6.47. The molecule has 88 heavy (non-hydrogen) atoms. The Hall–Kier alpha value is -6.31. The van der Waals surface area contributed by atoms with Crippen LogP contribution in [-0.4, -0.2) is 195 Å². The van der Waals surface area contributed by atoms with Crippen molar-refractivity contribution in [3.63, 3.8) is 0 Å². The molecule has 2 unspecified atom stereocenters. The number of aryl methyl sites for hydroxylation is 1. The minimum Gasteiger partial charge on any atom is -0.493 e. The highest BCUT2D eigenvalue weighted by molar-refractivity contribution is 5.96. The number of hydrogen-bond acceptors (Lipinski definition) is 14. The van der Waals surface area contributed by atoms with E-state index < -0.39 is 11.2 Å². The third-order valence-electron chi connectivity index (χ3n) is 16.3. The third-order valence-corrected chi connectivity index (χ3v) is 16.3. The molecule has 2 saturated carbocycles. The quantitative estimate of drug-likeness (QED) is 0.0647. The molecule has 4 fully saturated rings. The fourth-order valence-electron chi connectivity index (χ4n) is 11.7. The molecule has 2 aliphatic heterocycles. The summed E-state index contributed by atoms with van der Waals surface area (Å²) in [6.45, 7) is 23.6. The van der Waals surface area contributed by atoms with Gasteiger partial charge in [0.1, 0.15) is 11.2 Å². The first-order valence-electron chi connectivity index (χ1n) is 32.3. The minimum atomic E-state index is -0.668. The van der Waals surface area contributed by atoms with Crippen LogP contribution in [0.5, 0.6) is 23.0 Å². The first-order valence-corrected chi connectivity index (χ1v) is 32.3. The fourth-order valence-corrected chi connectivity index (χ4v) is 11.7. The van der Waals surface area contributed by atoms with Gasteiger partial charge in [0.2, 0.25) is 5.91 Å². The molecule has 5 amide bonds. The second-order valence-corrected chi connectivity index (χ2v) is 26.4. The number of hydrogen-bond donors (Lipinski definition) is 1. The zero-order valence-corrected chi connectivity index (χ0v) is 55.6. The molecule has 4 aliphatic rings. The maximum Gasteiger partial charge on any atom is 0.410 e. The third kappa shape index (κ3) is 22.0. The summed E-state index contributed by atoms with van der Waals surface area (Å²) >= 11 is 0. The number of benzene rings is 3. The molecular weight excluding hydrogens is 1120 g/mol. The van der Waals surface area contributed by atoms with E-state index in [-0.39, 0.29) is 72.2 Å². The Balaban J connectivity index is 0.000000288. The molecule has 2 saturated heterocycles. The predicted molar refractivity (Wildman–Crippen MR) is 342 cm³/mol. The van der Waals surface area contributed by atoms with Gasteiger partial charge >= 0.3 is 12.2 Å². The van der Waals surface area contributed by atoms with Gasteiger partial charge in [-0.2, -0.15) is 0 Å². The molecule has 0 aromatic heterocycles. The molecule has 3 aromatic carbocycles. The van der Waals surface area contributed by atoms with E-state index in [1.165, 1.54) is 12.8 Å². The zero-order valence-electron chi connectivity index (χ0n) is 55.6. The largest absolute Gasteiger partial charge is 0.493 e. The van der Waals surface area contributed by atoms with E-state index in [0.717, 1.165) is 57.1 Å². The van der Waals surface area contributed by atoms with Gasteiger partial charge in [0, 0.05) is 114 Å². The predicted octanol–water partition coefficient (Wildman–Crippen LogP) is 11.6. The molecule has 19 heteroatoms. The van der Waals surface area contributed by atoms with E-state index in [2.05, 4.69) is 17.4 Å². The zero-order chi connectivity index (χ0) is 64.1. The fraction of sp³-hybridized carbons (Fsp3) is 0.667. The summed E-state index contributed by atoms with van der Waals surface area (Å²) in [5.74, 6) is 2.13. The summed E-state index contributed by atoms with van der Waals surface area (Å²) in [6, 6.07) is 21.1. The summed E-state index contributed by atoms with van der Waals surface area (Å²) < 4.78 is 44.8. The number of ether oxygens (including phenoxy) is 8. The van der Waals surface area contributed by atoms with Crippen molar-refractivity contribution in [3.05, 3.63) is 83.4 Å². The Morgan fingerprint density at radius 1 is 0.557 bits per heavy atom. The molecule has 4 atom stereocenters. The van der Waals surface area contributed by atoms with Crippen LogP contribution in [-0.2, 0) is 30.2 Å². The molecule has 0 spiro atoms. The lowest BCUT2D eigenvalue weighted by molar-refractivity contribution is -0.132. The number of methoxy groups -OCH3 is 4. The summed E-state index contributed by atoms with van der Waals surface area (Å²) in [6.07, 6.45) is 11.1. The second-order valence-electron chi connectivity index (χ2n) is 26.4. The van der Waals surface area contributed by atoms with Gasteiger partial charge < -0.3 is 67.7 Å². The summed E-state index contributed by atoms with van der Waals surface area (Å²) in [5.41, 5.74) is 0.933. The van der Waals surface area contributed by atoms with Crippen LogP contribution in [0.2, 0.25) is 0 Å². The lowest BCUT2D eigenvalue weighted by Crippen LogP contribution is -2.58. The first kappa shape index (κ1) is 70.8. The monoisotopic (exact) mass is 1230 g/mol. The highest BCUT2D eigenvalue weighted by atomic mass is 16.6. The number of likely N-dealkylation sites (tertiary alicyclic amines) is 2. The Kier molecular flexibility index (Phi) is 27.4. The van der Waals surface area contributed by atoms with Crippen LogP contribution < -0.4 is 24.3 Å². The van der Waals surface area contributed by atoms with E-state index in [1.807, 2.05) is 107 Å². The van der Waals surface area contributed by atoms with Crippen LogP contribution in [0.15, 0.2) is 66.7 Å². The van der Waals surface area contributed by atoms with Crippen LogP contribution in [0.3, 0.4) is 0 Å². The van der Waals surface area contributed by atoms with E-state index in [4.69, 9.17) is 37.9 Å². The lowest BCUT2D eigenvalue weighted by Gasteiger charge is -2.45. The number of carbonyl (C=O) groups excluding carboxylic acids is 5. The molecule has 7 rings (SSSR count). The molecule has 490 valence electrons. The van der Waals surface area contributed by atoms with Gasteiger partial charge in [0.15, 0.2) is 23.0 Å². The van der Waals surface area contributed by atoms with Crippen LogP contribution in [0.4, 0.5) is 9.59 Å². The van der Waals surface area contributed by atoms with Crippen molar-refractivity contribution >= 4 is 29.9 Å². The highest BCUT2D eigenvalue weighted by Gasteiger charge is 2.42. The average Bonchev–Trinajstić information content (AvgIpc) is 1.50. The number of amides is 5. The number of nitrogens with zero attached hydrogens (tertiary/aromatic N) is 5. The maximum absolute atomic E-state index is 14.2. The van der Waals surface area contributed by atoms with E-state index in [1.54, 1.807) is 69.7 Å². The maximum atomic E-state index is 14.2. The number of nitrogens with one attached hydrogen (secondary N) is 1. The van der Waals surface area contributed by atoms with Crippen molar-refractivity contribution in [2.24, 2.45) is 0 Å². The number of piperidine rings is 2. The average molecular weight is 1230 g/mol. The van der Waals surface area contributed by atoms with Gasteiger partial charge in [-0.05, 0) is 188 Å². The van der Waals surface area contributed by atoms with Crippen LogP contribution >= 0.6 is 0 Å². The van der Waals surface area contributed by atoms with Crippen molar-refractivity contribution < 1.29 is 61.9 Å². The smallest absolute Gasteiger partial charge is 0.410 e. The Bertz CT molecular complexity index is 2670. The van der Waals surface area contributed by atoms with Crippen molar-refractivity contribution in [1.82, 2.24) is 29.8 Å². The van der Waals surface area contributed by atoms with E-state index in [0.29, 0.717) is 118 Å². The summed E-state index contributed by atoms with van der Waals surface area (Å²) in [4.78, 5) is 78.0. The van der Waals surface area contributed by atoms with Gasteiger partial charge in [-0.3, -0.25) is 14.4 Å². The van der Waals surface area contributed by atoms with Crippen LogP contribution in [0.1, 0.15) is 179 Å².